The molecule has 0 saturated carbocycles. The highest BCUT2D eigenvalue weighted by Crippen LogP contribution is 2.36. The lowest BCUT2D eigenvalue weighted by Crippen LogP contribution is -2.67. The number of nitrogens with two attached hydrogens (primary N) is 1. The molecule has 4 rings (SSSR count). The van der Waals surface area contributed by atoms with E-state index in [2.05, 4.69) is 79.9 Å². The number of hydrogen-bond acceptors (Lipinski definition) is 6. The van der Waals surface area contributed by atoms with Gasteiger partial charge in [0.25, 0.3) is 8.32 Å². The molecule has 1 aliphatic rings. The van der Waals surface area contributed by atoms with Crippen molar-refractivity contribution in [2.75, 3.05) is 19.7 Å². The molecule has 4 N–H and O–H groups in total. The molecule has 38 heavy (non-hydrogen) atoms. The Morgan fingerprint density at radius 1 is 0.974 bits per heavy atom. The zero-order valence-corrected chi connectivity index (χ0v) is 23.7. The second-order valence-corrected chi connectivity index (χ2v) is 15.4. The van der Waals surface area contributed by atoms with Crippen molar-refractivity contribution in [1.29, 1.82) is 0 Å². The van der Waals surface area contributed by atoms with E-state index in [1.54, 1.807) is 0 Å². The minimum absolute atomic E-state index is 0.0917. The van der Waals surface area contributed by atoms with E-state index in [9.17, 15) is 4.79 Å². The van der Waals surface area contributed by atoms with Crippen LogP contribution in [0.25, 0.3) is 0 Å². The molecule has 3 atom stereocenters. The van der Waals surface area contributed by atoms with E-state index in [0.717, 1.165) is 5.56 Å². The minimum atomic E-state index is -2.62. The molecule has 3 aromatic carbocycles. The van der Waals surface area contributed by atoms with Crippen LogP contribution in [-0.2, 0) is 20.6 Å². The van der Waals surface area contributed by atoms with Crippen LogP contribution in [0.15, 0.2) is 91.0 Å². The molecular formula is C31H41N3O3Si. The lowest BCUT2D eigenvalue weighted by molar-refractivity contribution is -0.147. The largest absolute Gasteiger partial charge is 0.460 e. The van der Waals surface area contributed by atoms with Crippen molar-refractivity contribution in [2.24, 2.45) is 5.73 Å². The molecule has 6 nitrogen and oxygen atoms in total. The van der Waals surface area contributed by atoms with E-state index in [1.807, 2.05) is 42.5 Å². The van der Waals surface area contributed by atoms with Gasteiger partial charge in [-0.15, -0.1) is 0 Å². The number of carbonyl (C=O) groups is 1. The summed E-state index contributed by atoms with van der Waals surface area (Å²) in [7, 11) is -2.62. The molecule has 0 bridgehead atoms. The van der Waals surface area contributed by atoms with Gasteiger partial charge in [-0.1, -0.05) is 112 Å². The lowest BCUT2D eigenvalue weighted by atomic mass is 10.1. The second-order valence-electron chi connectivity index (χ2n) is 11.1. The molecule has 0 amide bonds. The van der Waals surface area contributed by atoms with Gasteiger partial charge in [-0.2, -0.15) is 0 Å². The summed E-state index contributed by atoms with van der Waals surface area (Å²) in [6.45, 7) is 8.85. The highest BCUT2D eigenvalue weighted by molar-refractivity contribution is 6.99. The van der Waals surface area contributed by atoms with Crippen LogP contribution in [0.3, 0.4) is 0 Å². The third kappa shape index (κ3) is 6.78. The van der Waals surface area contributed by atoms with Gasteiger partial charge >= 0.3 is 5.97 Å². The number of ether oxygens (including phenoxy) is 1. The fourth-order valence-corrected chi connectivity index (χ4v) is 9.89. The third-order valence-corrected chi connectivity index (χ3v) is 12.2. The summed E-state index contributed by atoms with van der Waals surface area (Å²) >= 11 is 0. The number of carbonyl (C=O) groups excluding carboxylic acids is 1. The summed E-state index contributed by atoms with van der Waals surface area (Å²) in [5.74, 6) is -0.211. The van der Waals surface area contributed by atoms with E-state index in [-0.39, 0.29) is 29.1 Å². The summed E-state index contributed by atoms with van der Waals surface area (Å²) in [6.07, 6.45) is 0.676. The van der Waals surface area contributed by atoms with Gasteiger partial charge in [-0.05, 0) is 27.4 Å². The van der Waals surface area contributed by atoms with Gasteiger partial charge in [0.2, 0.25) is 0 Å². The first-order valence-electron chi connectivity index (χ1n) is 13.5. The predicted octanol–water partition coefficient (Wildman–Crippen LogP) is 2.95. The van der Waals surface area contributed by atoms with Crippen molar-refractivity contribution in [1.82, 2.24) is 10.6 Å². The van der Waals surface area contributed by atoms with Gasteiger partial charge in [-0.3, -0.25) is 4.79 Å². The Kier molecular flexibility index (Phi) is 9.52. The number of hydrogen-bond donors (Lipinski definition) is 3. The molecule has 0 unspecified atom stereocenters. The Hall–Kier alpha value is -2.81. The number of rotatable bonds is 11. The van der Waals surface area contributed by atoms with Crippen molar-refractivity contribution >= 4 is 24.7 Å². The average Bonchev–Trinajstić information content (AvgIpc) is 3.41. The topological polar surface area (TPSA) is 85.6 Å². The van der Waals surface area contributed by atoms with Gasteiger partial charge in [0.1, 0.15) is 12.6 Å². The van der Waals surface area contributed by atoms with Crippen molar-refractivity contribution in [2.45, 2.75) is 57.0 Å². The maximum atomic E-state index is 12.5. The SMILES string of the molecule is CC(C)(C)[Si](OC[C@H](N)CN[C@@H]1CN[C@H](C(=O)OCc2ccccc2)C1)(c1ccccc1)c1ccccc1. The van der Waals surface area contributed by atoms with Crippen LogP contribution in [0.4, 0.5) is 0 Å². The summed E-state index contributed by atoms with van der Waals surface area (Å²) < 4.78 is 12.5. The molecule has 1 fully saturated rings. The molecule has 7 heteroatoms. The van der Waals surface area contributed by atoms with E-state index < -0.39 is 8.32 Å². The Labute approximate surface area is 228 Å². The maximum absolute atomic E-state index is 12.5. The quantitative estimate of drug-likeness (QED) is 0.261. The van der Waals surface area contributed by atoms with Crippen LogP contribution < -0.4 is 26.7 Å². The van der Waals surface area contributed by atoms with Crippen LogP contribution in [-0.4, -0.2) is 52.1 Å². The van der Waals surface area contributed by atoms with Crippen molar-refractivity contribution in [3.05, 3.63) is 96.6 Å². The van der Waals surface area contributed by atoms with E-state index in [1.165, 1.54) is 10.4 Å². The fraction of sp³-hybridized carbons (Fsp3) is 0.387. The molecule has 0 aromatic heterocycles. The molecule has 0 spiro atoms. The minimum Gasteiger partial charge on any atom is -0.460 e. The van der Waals surface area contributed by atoms with Crippen molar-refractivity contribution < 1.29 is 14.0 Å². The normalized spacial score (nSPS) is 18.7. The molecule has 0 radical (unpaired) electrons. The molecule has 1 saturated heterocycles. The zero-order chi connectivity index (χ0) is 27.0. The monoisotopic (exact) mass is 531 g/mol. The van der Waals surface area contributed by atoms with E-state index >= 15 is 0 Å². The molecule has 1 heterocycles. The number of esters is 1. The molecule has 0 aliphatic carbocycles. The maximum Gasteiger partial charge on any atom is 0.323 e. The summed E-state index contributed by atoms with van der Waals surface area (Å²) in [5, 5.41) is 9.22. The first kappa shape index (κ1) is 28.2. The smallest absolute Gasteiger partial charge is 0.323 e. The standard InChI is InChI=1S/C31H41N3O3Si/c1-31(2,3)38(27-15-9-5-10-16-27,28-17-11-6-12-18-28)37-23-25(32)20-33-26-19-29(34-21-26)30(35)36-22-24-13-7-4-8-14-24/h4-18,25-26,29,33-34H,19-23,32H2,1-3H3/t25-,26+,29+/m1/s1. The van der Waals surface area contributed by atoms with Crippen LogP contribution in [0.5, 0.6) is 0 Å². The molecule has 202 valence electrons. The highest BCUT2D eigenvalue weighted by atomic mass is 28.4. The van der Waals surface area contributed by atoms with Crippen LogP contribution in [0, 0.1) is 0 Å². The Morgan fingerprint density at radius 2 is 1.53 bits per heavy atom. The summed E-state index contributed by atoms with van der Waals surface area (Å²) in [6, 6.07) is 30.6. The first-order chi connectivity index (χ1) is 18.3. The lowest BCUT2D eigenvalue weighted by Gasteiger charge is -2.43. The van der Waals surface area contributed by atoms with Gasteiger partial charge in [0.05, 0.1) is 6.61 Å². The van der Waals surface area contributed by atoms with E-state index in [0.29, 0.717) is 32.7 Å². The summed E-state index contributed by atoms with van der Waals surface area (Å²) in [4.78, 5) is 12.5. The van der Waals surface area contributed by atoms with Crippen LogP contribution >= 0.6 is 0 Å². The third-order valence-electron chi connectivity index (χ3n) is 7.24. The Balaban J connectivity index is 1.33. The Bertz CT molecular complexity index is 1100. The van der Waals surface area contributed by atoms with Crippen LogP contribution in [0.1, 0.15) is 32.8 Å². The predicted molar refractivity (Wildman–Crippen MR) is 156 cm³/mol. The van der Waals surface area contributed by atoms with Gasteiger partial charge < -0.3 is 25.5 Å². The molecule has 1 aliphatic heterocycles. The number of benzene rings is 3. The summed E-state index contributed by atoms with van der Waals surface area (Å²) in [5.41, 5.74) is 7.57. The molecule has 3 aromatic rings. The number of nitrogens with one attached hydrogen (secondary N) is 2. The average molecular weight is 532 g/mol. The van der Waals surface area contributed by atoms with Crippen molar-refractivity contribution in [3.8, 4) is 0 Å². The van der Waals surface area contributed by atoms with Gasteiger partial charge in [-0.25, -0.2) is 0 Å². The first-order valence-corrected chi connectivity index (χ1v) is 15.4. The van der Waals surface area contributed by atoms with Gasteiger partial charge in [0, 0.05) is 25.2 Å². The highest BCUT2D eigenvalue weighted by Gasteiger charge is 2.50. The van der Waals surface area contributed by atoms with Gasteiger partial charge in [0.15, 0.2) is 0 Å². The van der Waals surface area contributed by atoms with Crippen LogP contribution in [0.2, 0.25) is 5.04 Å². The zero-order valence-electron chi connectivity index (χ0n) is 22.7. The Morgan fingerprint density at radius 3 is 2.08 bits per heavy atom. The fourth-order valence-electron chi connectivity index (χ4n) is 5.27. The van der Waals surface area contributed by atoms with E-state index in [4.69, 9.17) is 14.9 Å². The molecular weight excluding hydrogens is 490 g/mol. The van der Waals surface area contributed by atoms with Crippen molar-refractivity contribution in [3.63, 3.8) is 0 Å². The second kappa shape index (κ2) is 12.8.